The molecule has 0 aromatic rings. The van der Waals surface area contributed by atoms with Crippen molar-refractivity contribution in [3.05, 3.63) is 0 Å². The summed E-state index contributed by atoms with van der Waals surface area (Å²) >= 11 is 0. The van der Waals surface area contributed by atoms with Crippen LogP contribution in [0.25, 0.3) is 0 Å². The van der Waals surface area contributed by atoms with Crippen molar-refractivity contribution in [2.45, 2.75) is 49.9 Å². The van der Waals surface area contributed by atoms with Gasteiger partial charge >= 0.3 is 8.80 Å². The summed E-state index contributed by atoms with van der Waals surface area (Å²) in [6, 6.07) is 0.556. The molecule has 1 saturated heterocycles. The minimum Gasteiger partial charge on any atom is -0.388 e. The first-order valence-corrected chi connectivity index (χ1v) is 8.98. The third-order valence-electron chi connectivity index (χ3n) is 3.73. The van der Waals surface area contributed by atoms with Gasteiger partial charge in [-0.3, -0.25) is 0 Å². The lowest BCUT2D eigenvalue weighted by atomic mass is 9.96. The third kappa shape index (κ3) is 4.68. The predicted octanol–water partition coefficient (Wildman–Crippen LogP) is -1.55. The normalized spacial score (nSPS) is 34.1. The fourth-order valence-corrected chi connectivity index (χ4v) is 4.29. The lowest BCUT2D eigenvalue weighted by Crippen LogP contribution is -2.59. The Morgan fingerprint density at radius 3 is 2.24 bits per heavy atom. The van der Waals surface area contributed by atoms with Crippen molar-refractivity contribution in [3.8, 4) is 0 Å². The number of aliphatic hydroxyl groups excluding tert-OH is 3. The van der Waals surface area contributed by atoms with E-state index in [0.29, 0.717) is 19.0 Å². The van der Waals surface area contributed by atoms with E-state index in [1.807, 2.05) is 0 Å². The molecule has 0 aromatic carbocycles. The van der Waals surface area contributed by atoms with Crippen LogP contribution in [0.2, 0.25) is 6.04 Å². The Balaban J connectivity index is 2.62. The van der Waals surface area contributed by atoms with Crippen molar-refractivity contribution in [2.24, 2.45) is 5.73 Å². The van der Waals surface area contributed by atoms with Gasteiger partial charge < -0.3 is 39.1 Å². The van der Waals surface area contributed by atoms with E-state index >= 15 is 0 Å². The van der Waals surface area contributed by atoms with Gasteiger partial charge in [-0.1, -0.05) is 0 Å². The average Bonchev–Trinajstić information content (AvgIpc) is 2.50. The van der Waals surface area contributed by atoms with Gasteiger partial charge in [0, 0.05) is 20.3 Å². The van der Waals surface area contributed by atoms with E-state index in [1.165, 1.54) is 14.2 Å². The molecule has 9 heteroatoms. The summed E-state index contributed by atoms with van der Waals surface area (Å²) in [5, 5.41) is 29.4. The largest absolute Gasteiger partial charge is 0.500 e. The van der Waals surface area contributed by atoms with E-state index in [2.05, 4.69) is 0 Å². The molecular weight excluding hydrogens is 298 g/mol. The SMILES string of the molecule is CO[Si](CCCN)(OC)OCC1OC(C)C(O)C(O)C1O. The highest BCUT2D eigenvalue weighted by atomic mass is 28.4. The van der Waals surface area contributed by atoms with E-state index in [9.17, 15) is 15.3 Å². The van der Waals surface area contributed by atoms with Gasteiger partial charge in [-0.05, 0) is 19.9 Å². The number of rotatable bonds is 8. The van der Waals surface area contributed by atoms with Gasteiger partial charge in [0.05, 0.1) is 12.7 Å². The Morgan fingerprint density at radius 2 is 1.71 bits per heavy atom. The van der Waals surface area contributed by atoms with Crippen molar-refractivity contribution in [2.75, 3.05) is 27.4 Å². The Hall–Kier alpha value is -0.103. The molecule has 1 fully saturated rings. The van der Waals surface area contributed by atoms with Crippen molar-refractivity contribution in [3.63, 3.8) is 0 Å². The summed E-state index contributed by atoms with van der Waals surface area (Å²) in [4.78, 5) is 0. The second kappa shape index (κ2) is 8.51. The second-order valence-corrected chi connectivity index (χ2v) is 8.12. The van der Waals surface area contributed by atoms with Crippen LogP contribution in [-0.4, -0.2) is 82.0 Å². The Morgan fingerprint density at radius 1 is 1.10 bits per heavy atom. The second-order valence-electron chi connectivity index (χ2n) is 5.15. The van der Waals surface area contributed by atoms with Crippen molar-refractivity contribution in [1.29, 1.82) is 0 Å². The van der Waals surface area contributed by atoms with Crippen LogP contribution in [0.1, 0.15) is 13.3 Å². The molecule has 0 spiro atoms. The topological polar surface area (TPSA) is 124 Å². The molecule has 0 amide bonds. The van der Waals surface area contributed by atoms with Gasteiger partial charge in [-0.15, -0.1) is 0 Å². The minimum absolute atomic E-state index is 0.00770. The highest BCUT2D eigenvalue weighted by Crippen LogP contribution is 2.23. The van der Waals surface area contributed by atoms with Crippen LogP contribution < -0.4 is 5.73 Å². The predicted molar refractivity (Wildman–Crippen MR) is 76.6 cm³/mol. The molecule has 5 N–H and O–H groups in total. The van der Waals surface area contributed by atoms with Gasteiger partial charge in [0.1, 0.15) is 24.4 Å². The molecule has 8 nitrogen and oxygen atoms in total. The lowest BCUT2D eigenvalue weighted by molar-refractivity contribution is -0.224. The van der Waals surface area contributed by atoms with Crippen LogP contribution in [0.3, 0.4) is 0 Å². The zero-order valence-corrected chi connectivity index (χ0v) is 13.8. The molecule has 0 aromatic heterocycles. The minimum atomic E-state index is -2.85. The molecule has 0 saturated carbocycles. The summed E-state index contributed by atoms with van der Waals surface area (Å²) in [6.45, 7) is 2.13. The Kier molecular flexibility index (Phi) is 7.68. The maximum absolute atomic E-state index is 9.94. The molecule has 1 heterocycles. The van der Waals surface area contributed by atoms with Crippen LogP contribution in [0.5, 0.6) is 0 Å². The lowest BCUT2D eigenvalue weighted by Gasteiger charge is -2.40. The number of ether oxygens (including phenoxy) is 1. The van der Waals surface area contributed by atoms with Crippen molar-refractivity contribution >= 4 is 8.80 Å². The van der Waals surface area contributed by atoms with Gasteiger partial charge in [0.25, 0.3) is 0 Å². The molecule has 0 aliphatic carbocycles. The van der Waals surface area contributed by atoms with Gasteiger partial charge in [-0.25, -0.2) is 0 Å². The number of hydrogen-bond acceptors (Lipinski definition) is 8. The summed E-state index contributed by atoms with van der Waals surface area (Å²) in [7, 11) is 0.157. The quantitative estimate of drug-likeness (QED) is 0.396. The first kappa shape index (κ1) is 18.9. The van der Waals surface area contributed by atoms with Gasteiger partial charge in [0.2, 0.25) is 0 Å². The average molecular weight is 325 g/mol. The molecular formula is C12H27NO7Si. The molecule has 21 heavy (non-hydrogen) atoms. The monoisotopic (exact) mass is 325 g/mol. The summed E-state index contributed by atoms with van der Waals surface area (Å²) in [5.41, 5.74) is 5.49. The van der Waals surface area contributed by atoms with Crippen LogP contribution >= 0.6 is 0 Å². The van der Waals surface area contributed by atoms with Crippen LogP contribution in [-0.2, 0) is 18.0 Å². The standard InChI is InChI=1S/C12H27NO7Si/c1-8-10(14)12(16)11(15)9(20-8)7-19-21(17-2,18-3)6-4-5-13/h8-12,14-16H,4-7,13H2,1-3H3. The van der Waals surface area contributed by atoms with E-state index in [0.717, 1.165) is 0 Å². The van der Waals surface area contributed by atoms with E-state index < -0.39 is 39.3 Å². The summed E-state index contributed by atoms with van der Waals surface area (Å²) in [5.74, 6) is 0. The molecule has 5 unspecified atom stereocenters. The maximum Gasteiger partial charge on any atom is 0.500 e. The van der Waals surface area contributed by atoms with Gasteiger partial charge in [-0.2, -0.15) is 0 Å². The molecule has 0 radical (unpaired) electrons. The Labute approximate surface area is 126 Å². The molecule has 0 bridgehead atoms. The van der Waals surface area contributed by atoms with Crippen molar-refractivity contribution < 1.29 is 33.3 Å². The summed E-state index contributed by atoms with van der Waals surface area (Å²) < 4.78 is 22.0. The molecule has 1 aliphatic heterocycles. The molecule has 1 aliphatic rings. The zero-order valence-electron chi connectivity index (χ0n) is 12.8. The highest BCUT2D eigenvalue weighted by molar-refractivity contribution is 6.60. The molecule has 126 valence electrons. The third-order valence-corrected chi connectivity index (χ3v) is 6.54. The molecule has 1 rings (SSSR count). The zero-order chi connectivity index (χ0) is 16.0. The van der Waals surface area contributed by atoms with Crippen LogP contribution in [0.15, 0.2) is 0 Å². The number of hydrogen-bond donors (Lipinski definition) is 4. The smallest absolute Gasteiger partial charge is 0.388 e. The van der Waals surface area contributed by atoms with E-state index in [4.69, 9.17) is 23.7 Å². The maximum atomic E-state index is 9.94. The first-order valence-electron chi connectivity index (χ1n) is 7.04. The summed E-state index contributed by atoms with van der Waals surface area (Å²) in [6.07, 6.45) is -4.28. The van der Waals surface area contributed by atoms with Gasteiger partial charge in [0.15, 0.2) is 0 Å². The number of nitrogens with two attached hydrogens (primary N) is 1. The fraction of sp³-hybridized carbons (Fsp3) is 1.00. The van der Waals surface area contributed by atoms with Crippen LogP contribution in [0, 0.1) is 0 Å². The first-order chi connectivity index (χ1) is 9.90. The molecule has 5 atom stereocenters. The van der Waals surface area contributed by atoms with E-state index in [1.54, 1.807) is 6.92 Å². The highest BCUT2D eigenvalue weighted by Gasteiger charge is 2.45. The Bertz CT molecular complexity index is 305. The van der Waals surface area contributed by atoms with Crippen molar-refractivity contribution in [1.82, 2.24) is 0 Å². The fourth-order valence-electron chi connectivity index (χ4n) is 2.28. The van der Waals surface area contributed by atoms with Crippen LogP contribution in [0.4, 0.5) is 0 Å². The van der Waals surface area contributed by atoms with E-state index in [-0.39, 0.29) is 6.61 Å². The number of aliphatic hydroxyl groups is 3.